The van der Waals surface area contributed by atoms with Crippen molar-refractivity contribution in [3.63, 3.8) is 0 Å². The molecule has 0 heteroatoms. The van der Waals surface area contributed by atoms with Gasteiger partial charge in [-0.2, -0.15) is 0 Å². The Kier molecular flexibility index (Phi) is 1.63. The Morgan fingerprint density at radius 3 is 2.73 bits per heavy atom. The first-order valence-electron chi connectivity index (χ1n) is 4.70. The summed E-state index contributed by atoms with van der Waals surface area (Å²) in [7, 11) is 0. The lowest BCUT2D eigenvalue weighted by Crippen LogP contribution is -2.00. The van der Waals surface area contributed by atoms with E-state index in [1.165, 1.54) is 25.7 Å². The zero-order chi connectivity index (χ0) is 7.84. The van der Waals surface area contributed by atoms with Gasteiger partial charge < -0.3 is 0 Å². The molecule has 2 aliphatic rings. The Bertz CT molecular complexity index is 230. The SMILES string of the molecule is CC1=C[C@H](C)C2=C1CCCC2. The Labute approximate surface area is 69.0 Å². The van der Waals surface area contributed by atoms with Crippen LogP contribution in [0, 0.1) is 5.92 Å². The molecule has 11 heavy (non-hydrogen) atoms. The molecule has 0 N–H and O–H groups in total. The minimum Gasteiger partial charge on any atom is -0.0744 e. The molecule has 0 amide bonds. The molecular formula is C11H16. The van der Waals surface area contributed by atoms with Gasteiger partial charge in [0.05, 0.1) is 0 Å². The van der Waals surface area contributed by atoms with E-state index < -0.39 is 0 Å². The van der Waals surface area contributed by atoms with Crippen molar-refractivity contribution in [2.24, 2.45) is 5.92 Å². The second-order valence-electron chi connectivity index (χ2n) is 3.85. The first-order chi connectivity index (χ1) is 5.29. The van der Waals surface area contributed by atoms with Gasteiger partial charge in [0.2, 0.25) is 0 Å². The summed E-state index contributed by atoms with van der Waals surface area (Å²) >= 11 is 0. The van der Waals surface area contributed by atoms with Gasteiger partial charge in [0.1, 0.15) is 0 Å². The normalized spacial score (nSPS) is 30.4. The summed E-state index contributed by atoms with van der Waals surface area (Å²) in [5.41, 5.74) is 5.00. The Balaban J connectivity index is 2.34. The molecule has 2 aliphatic carbocycles. The fourth-order valence-electron chi connectivity index (χ4n) is 2.46. The van der Waals surface area contributed by atoms with E-state index in [-0.39, 0.29) is 0 Å². The van der Waals surface area contributed by atoms with Gasteiger partial charge in [0.25, 0.3) is 0 Å². The maximum atomic E-state index is 2.43. The van der Waals surface area contributed by atoms with Crippen LogP contribution >= 0.6 is 0 Å². The van der Waals surface area contributed by atoms with Crippen LogP contribution < -0.4 is 0 Å². The van der Waals surface area contributed by atoms with Crippen LogP contribution in [-0.2, 0) is 0 Å². The molecule has 0 unspecified atom stereocenters. The summed E-state index contributed by atoms with van der Waals surface area (Å²) in [4.78, 5) is 0. The molecule has 0 radical (unpaired) electrons. The van der Waals surface area contributed by atoms with Gasteiger partial charge >= 0.3 is 0 Å². The van der Waals surface area contributed by atoms with Gasteiger partial charge in [0.15, 0.2) is 0 Å². The van der Waals surface area contributed by atoms with Crippen LogP contribution in [0.2, 0.25) is 0 Å². The molecule has 0 aromatic carbocycles. The third-order valence-corrected chi connectivity index (χ3v) is 3.04. The van der Waals surface area contributed by atoms with E-state index in [9.17, 15) is 0 Å². The van der Waals surface area contributed by atoms with Gasteiger partial charge in [0, 0.05) is 0 Å². The van der Waals surface area contributed by atoms with Crippen molar-refractivity contribution in [1.82, 2.24) is 0 Å². The Morgan fingerprint density at radius 2 is 2.00 bits per heavy atom. The molecule has 60 valence electrons. The predicted molar refractivity (Wildman–Crippen MR) is 48.4 cm³/mol. The van der Waals surface area contributed by atoms with Crippen LogP contribution in [0.15, 0.2) is 22.8 Å². The van der Waals surface area contributed by atoms with Crippen LogP contribution in [-0.4, -0.2) is 0 Å². The molecule has 1 atom stereocenters. The highest BCUT2D eigenvalue weighted by Crippen LogP contribution is 2.39. The predicted octanol–water partition coefficient (Wildman–Crippen LogP) is 3.45. The maximum Gasteiger partial charge on any atom is -0.00399 e. The van der Waals surface area contributed by atoms with Crippen LogP contribution in [0.4, 0.5) is 0 Å². The van der Waals surface area contributed by atoms with E-state index in [2.05, 4.69) is 19.9 Å². The summed E-state index contributed by atoms with van der Waals surface area (Å²) in [6, 6.07) is 0. The van der Waals surface area contributed by atoms with Crippen molar-refractivity contribution in [3.05, 3.63) is 22.8 Å². The van der Waals surface area contributed by atoms with Crippen molar-refractivity contribution in [2.45, 2.75) is 39.5 Å². The largest absolute Gasteiger partial charge is 0.0744 e. The van der Waals surface area contributed by atoms with E-state index >= 15 is 0 Å². The molecule has 0 spiro atoms. The lowest BCUT2D eigenvalue weighted by atomic mass is 9.88. The fourth-order valence-corrected chi connectivity index (χ4v) is 2.46. The molecule has 0 aromatic heterocycles. The van der Waals surface area contributed by atoms with E-state index in [1.54, 1.807) is 16.7 Å². The average molecular weight is 148 g/mol. The molecule has 2 rings (SSSR count). The number of rotatable bonds is 0. The van der Waals surface area contributed by atoms with Gasteiger partial charge in [-0.3, -0.25) is 0 Å². The number of hydrogen-bond acceptors (Lipinski definition) is 0. The summed E-state index contributed by atoms with van der Waals surface area (Å²) in [6.07, 6.45) is 7.98. The van der Waals surface area contributed by atoms with Gasteiger partial charge in [-0.05, 0) is 44.1 Å². The average Bonchev–Trinajstić information content (AvgIpc) is 2.30. The lowest BCUT2D eigenvalue weighted by Gasteiger charge is -2.17. The maximum absolute atomic E-state index is 2.43. The molecule has 0 heterocycles. The van der Waals surface area contributed by atoms with Crippen molar-refractivity contribution in [2.75, 3.05) is 0 Å². The lowest BCUT2D eigenvalue weighted by molar-refractivity contribution is 0.643. The molecule has 0 aliphatic heterocycles. The van der Waals surface area contributed by atoms with Crippen LogP contribution in [0.1, 0.15) is 39.5 Å². The summed E-state index contributed by atoms with van der Waals surface area (Å²) in [5.74, 6) is 0.755. The van der Waals surface area contributed by atoms with E-state index in [0.29, 0.717) is 0 Å². The third-order valence-electron chi connectivity index (χ3n) is 3.04. The Morgan fingerprint density at radius 1 is 1.27 bits per heavy atom. The van der Waals surface area contributed by atoms with Crippen molar-refractivity contribution in [1.29, 1.82) is 0 Å². The van der Waals surface area contributed by atoms with Gasteiger partial charge in [-0.1, -0.05) is 24.1 Å². The standard InChI is InChI=1S/C11H16/c1-8-7-9(2)11-6-4-3-5-10(8)11/h7-8H,3-6H2,1-2H3/t8-/m0/s1. The minimum atomic E-state index is 0.755. The van der Waals surface area contributed by atoms with Crippen LogP contribution in [0.3, 0.4) is 0 Å². The van der Waals surface area contributed by atoms with Crippen LogP contribution in [0.5, 0.6) is 0 Å². The quantitative estimate of drug-likeness (QED) is 0.493. The third kappa shape index (κ3) is 1.05. The van der Waals surface area contributed by atoms with Gasteiger partial charge in [-0.15, -0.1) is 0 Å². The second-order valence-corrected chi connectivity index (χ2v) is 3.85. The topological polar surface area (TPSA) is 0 Å². The van der Waals surface area contributed by atoms with E-state index in [4.69, 9.17) is 0 Å². The van der Waals surface area contributed by atoms with Crippen molar-refractivity contribution >= 4 is 0 Å². The molecule has 0 aromatic rings. The monoisotopic (exact) mass is 148 g/mol. The summed E-state index contributed by atoms with van der Waals surface area (Å²) in [6.45, 7) is 4.60. The first-order valence-corrected chi connectivity index (χ1v) is 4.70. The zero-order valence-corrected chi connectivity index (χ0v) is 7.48. The molecule has 0 saturated carbocycles. The fraction of sp³-hybridized carbons (Fsp3) is 0.636. The smallest absolute Gasteiger partial charge is 0.00399 e. The van der Waals surface area contributed by atoms with E-state index in [0.717, 1.165) is 5.92 Å². The molecule has 0 fully saturated rings. The minimum absolute atomic E-state index is 0.755. The molecule has 0 bridgehead atoms. The van der Waals surface area contributed by atoms with Crippen LogP contribution in [0.25, 0.3) is 0 Å². The summed E-state index contributed by atoms with van der Waals surface area (Å²) < 4.78 is 0. The Hall–Kier alpha value is -0.520. The highest BCUT2D eigenvalue weighted by Gasteiger charge is 2.22. The summed E-state index contributed by atoms with van der Waals surface area (Å²) in [5, 5.41) is 0. The first kappa shape index (κ1) is 7.15. The van der Waals surface area contributed by atoms with Crippen molar-refractivity contribution in [3.8, 4) is 0 Å². The second kappa shape index (κ2) is 2.51. The van der Waals surface area contributed by atoms with E-state index in [1.807, 2.05) is 0 Å². The molecule has 0 nitrogen and oxygen atoms in total. The molecule has 0 saturated heterocycles. The number of allylic oxidation sites excluding steroid dienone is 4. The number of hydrogen-bond donors (Lipinski definition) is 0. The highest BCUT2D eigenvalue weighted by atomic mass is 14.3. The van der Waals surface area contributed by atoms with Gasteiger partial charge in [-0.25, -0.2) is 0 Å². The zero-order valence-electron chi connectivity index (χ0n) is 7.48. The van der Waals surface area contributed by atoms with Crippen molar-refractivity contribution < 1.29 is 0 Å². The molecular weight excluding hydrogens is 132 g/mol. The highest BCUT2D eigenvalue weighted by molar-refractivity contribution is 5.44.